The Morgan fingerprint density at radius 2 is 2.31 bits per heavy atom. The predicted molar refractivity (Wildman–Crippen MR) is 61.2 cm³/mol. The van der Waals surface area contributed by atoms with Crippen LogP contribution in [0.5, 0.6) is 0 Å². The summed E-state index contributed by atoms with van der Waals surface area (Å²) in [5.74, 6) is 0.823. The Morgan fingerprint density at radius 1 is 1.54 bits per heavy atom. The number of aromatic nitrogens is 2. The Balaban J connectivity index is 2.41. The van der Waals surface area contributed by atoms with Crippen LogP contribution in [-0.2, 0) is 0 Å². The molecule has 0 aliphatic heterocycles. The lowest BCUT2D eigenvalue weighted by Crippen LogP contribution is -2.13. The highest BCUT2D eigenvalue weighted by atomic mass is 79.9. The Bertz CT molecular complexity index is 252. The zero-order chi connectivity index (χ0) is 9.68. The smallest absolute Gasteiger partial charge is 0.144 e. The number of hydrogen-bond donors (Lipinski definition) is 1. The van der Waals surface area contributed by atoms with Gasteiger partial charge in [-0.3, -0.25) is 0 Å². The van der Waals surface area contributed by atoms with Gasteiger partial charge in [-0.15, -0.1) is 0 Å². The molecule has 0 spiro atoms. The van der Waals surface area contributed by atoms with Crippen molar-refractivity contribution in [2.24, 2.45) is 0 Å². The van der Waals surface area contributed by atoms with Crippen LogP contribution in [0.4, 0.5) is 5.82 Å². The molecule has 0 aromatic carbocycles. The van der Waals surface area contributed by atoms with Crippen LogP contribution in [0.3, 0.4) is 0 Å². The molecule has 0 radical (unpaired) electrons. The van der Waals surface area contributed by atoms with Gasteiger partial charge in [0, 0.05) is 11.8 Å². The summed E-state index contributed by atoms with van der Waals surface area (Å²) in [6, 6.07) is 0. The van der Waals surface area contributed by atoms with Gasteiger partial charge < -0.3 is 5.32 Å². The van der Waals surface area contributed by atoms with Crippen LogP contribution >= 0.6 is 27.7 Å². The highest BCUT2D eigenvalue weighted by Gasteiger charge is 1.99. The largest absolute Gasteiger partial charge is 0.368 e. The fourth-order valence-corrected chi connectivity index (χ4v) is 1.19. The Hall–Kier alpha value is -0.290. The first kappa shape index (κ1) is 10.8. The van der Waals surface area contributed by atoms with Gasteiger partial charge in [-0.1, -0.05) is 6.92 Å². The van der Waals surface area contributed by atoms with E-state index in [2.05, 4.69) is 44.4 Å². The summed E-state index contributed by atoms with van der Waals surface area (Å²) in [4.78, 5) is 8.22. The van der Waals surface area contributed by atoms with Gasteiger partial charge >= 0.3 is 0 Å². The molecule has 1 heterocycles. The van der Waals surface area contributed by atoms with Crippen molar-refractivity contribution in [3.05, 3.63) is 17.0 Å². The summed E-state index contributed by atoms with van der Waals surface area (Å²) in [5.41, 5.74) is 0. The summed E-state index contributed by atoms with van der Waals surface area (Å²) in [7, 11) is 0. The van der Waals surface area contributed by atoms with Gasteiger partial charge in [0.1, 0.15) is 10.4 Å². The maximum Gasteiger partial charge on any atom is 0.144 e. The van der Waals surface area contributed by atoms with E-state index in [0.717, 1.165) is 17.0 Å². The monoisotopic (exact) mass is 261 g/mol. The molecule has 0 aliphatic rings. The molecular weight excluding hydrogens is 250 g/mol. The molecule has 0 aliphatic carbocycles. The minimum atomic E-state index is 0.588. The summed E-state index contributed by atoms with van der Waals surface area (Å²) >= 11 is 5.06. The van der Waals surface area contributed by atoms with Crippen molar-refractivity contribution in [3.8, 4) is 0 Å². The highest BCUT2D eigenvalue weighted by molar-refractivity contribution is 9.10. The summed E-state index contributed by atoms with van der Waals surface area (Å²) in [6.07, 6.45) is 5.50. The van der Waals surface area contributed by atoms with E-state index in [4.69, 9.17) is 0 Å². The van der Waals surface area contributed by atoms with Gasteiger partial charge in [0.15, 0.2) is 0 Å². The van der Waals surface area contributed by atoms with E-state index >= 15 is 0 Å². The first-order valence-electron chi connectivity index (χ1n) is 3.96. The molecule has 0 fully saturated rings. The molecule has 1 unspecified atom stereocenters. The summed E-state index contributed by atoms with van der Waals surface area (Å²) in [6.45, 7) is 3.08. The van der Waals surface area contributed by atoms with Crippen molar-refractivity contribution in [2.75, 3.05) is 18.1 Å². The van der Waals surface area contributed by atoms with Crippen LogP contribution in [0.15, 0.2) is 17.0 Å². The maximum absolute atomic E-state index is 4.15. The first-order chi connectivity index (χ1) is 6.22. The molecular formula is C8H12BrN3S. The molecule has 0 amide bonds. The average Bonchev–Trinajstić information content (AvgIpc) is 2.16. The van der Waals surface area contributed by atoms with Crippen LogP contribution in [-0.4, -0.2) is 28.0 Å². The van der Waals surface area contributed by atoms with Crippen molar-refractivity contribution in [3.63, 3.8) is 0 Å². The average molecular weight is 262 g/mol. The molecule has 72 valence electrons. The Kier molecular flexibility index (Phi) is 4.52. The van der Waals surface area contributed by atoms with Gasteiger partial charge in [0.2, 0.25) is 0 Å². The molecule has 1 N–H and O–H groups in total. The number of anilines is 1. The Morgan fingerprint density at radius 3 is 2.85 bits per heavy atom. The molecule has 1 rings (SSSR count). The van der Waals surface area contributed by atoms with Crippen LogP contribution in [0, 0.1) is 0 Å². The number of thioether (sulfide) groups is 1. The maximum atomic E-state index is 4.15. The number of rotatable bonds is 4. The van der Waals surface area contributed by atoms with E-state index in [0.29, 0.717) is 5.25 Å². The lowest BCUT2D eigenvalue weighted by atomic mass is 10.4. The minimum absolute atomic E-state index is 0.588. The molecule has 0 bridgehead atoms. The standard InChI is InChI=1S/C8H12BrN3S/c1-6(13-2)3-11-8-5-10-7(9)4-12-8/h4-6H,3H2,1-2H3,(H,11,12). The van der Waals surface area contributed by atoms with E-state index in [1.165, 1.54) is 0 Å². The van der Waals surface area contributed by atoms with Crippen molar-refractivity contribution in [2.45, 2.75) is 12.2 Å². The van der Waals surface area contributed by atoms with Crippen LogP contribution in [0.2, 0.25) is 0 Å². The topological polar surface area (TPSA) is 37.8 Å². The SMILES string of the molecule is CSC(C)CNc1cnc(Br)cn1. The highest BCUT2D eigenvalue weighted by Crippen LogP contribution is 2.08. The van der Waals surface area contributed by atoms with Gasteiger partial charge in [0.25, 0.3) is 0 Å². The van der Waals surface area contributed by atoms with Crippen molar-refractivity contribution in [1.29, 1.82) is 0 Å². The van der Waals surface area contributed by atoms with E-state index < -0.39 is 0 Å². The van der Waals surface area contributed by atoms with Gasteiger partial charge in [-0.2, -0.15) is 11.8 Å². The van der Waals surface area contributed by atoms with E-state index in [1.54, 1.807) is 12.4 Å². The molecule has 0 saturated carbocycles. The normalized spacial score (nSPS) is 12.5. The van der Waals surface area contributed by atoms with Crippen molar-refractivity contribution < 1.29 is 0 Å². The number of hydrogen-bond acceptors (Lipinski definition) is 4. The molecule has 0 saturated heterocycles. The third-order valence-electron chi connectivity index (χ3n) is 1.59. The van der Waals surface area contributed by atoms with Crippen LogP contribution in [0.25, 0.3) is 0 Å². The fourth-order valence-electron chi connectivity index (χ4n) is 0.735. The van der Waals surface area contributed by atoms with Gasteiger partial charge in [0.05, 0.1) is 12.4 Å². The Labute approximate surface area is 90.9 Å². The molecule has 13 heavy (non-hydrogen) atoms. The summed E-state index contributed by atoms with van der Waals surface area (Å²) < 4.78 is 0.760. The second-order valence-electron chi connectivity index (χ2n) is 2.65. The van der Waals surface area contributed by atoms with Gasteiger partial charge in [-0.25, -0.2) is 9.97 Å². The van der Waals surface area contributed by atoms with Crippen molar-refractivity contribution in [1.82, 2.24) is 9.97 Å². The van der Waals surface area contributed by atoms with Gasteiger partial charge in [-0.05, 0) is 22.2 Å². The van der Waals surface area contributed by atoms with E-state index in [-0.39, 0.29) is 0 Å². The van der Waals surface area contributed by atoms with E-state index in [9.17, 15) is 0 Å². The first-order valence-corrected chi connectivity index (χ1v) is 6.04. The zero-order valence-electron chi connectivity index (χ0n) is 7.62. The zero-order valence-corrected chi connectivity index (χ0v) is 10.0. The second kappa shape index (κ2) is 5.44. The number of nitrogens with one attached hydrogen (secondary N) is 1. The number of nitrogens with zero attached hydrogens (tertiary/aromatic N) is 2. The third kappa shape index (κ3) is 3.95. The molecule has 1 aromatic rings. The van der Waals surface area contributed by atoms with Crippen LogP contribution < -0.4 is 5.32 Å². The minimum Gasteiger partial charge on any atom is -0.368 e. The van der Waals surface area contributed by atoms with Crippen molar-refractivity contribution >= 4 is 33.5 Å². The molecule has 3 nitrogen and oxygen atoms in total. The fraction of sp³-hybridized carbons (Fsp3) is 0.500. The number of halogens is 1. The molecule has 1 atom stereocenters. The molecule has 5 heteroatoms. The lowest BCUT2D eigenvalue weighted by Gasteiger charge is -2.09. The lowest BCUT2D eigenvalue weighted by molar-refractivity contribution is 0.984. The van der Waals surface area contributed by atoms with Crippen LogP contribution in [0.1, 0.15) is 6.92 Å². The quantitative estimate of drug-likeness (QED) is 0.904. The predicted octanol–water partition coefficient (Wildman–Crippen LogP) is 2.40. The molecule has 1 aromatic heterocycles. The third-order valence-corrected chi connectivity index (χ3v) is 2.97. The summed E-state index contributed by atoms with van der Waals surface area (Å²) in [5, 5.41) is 3.80. The van der Waals surface area contributed by atoms with E-state index in [1.807, 2.05) is 11.8 Å². The second-order valence-corrected chi connectivity index (χ2v) is 4.74.